The molecule has 2 fully saturated rings. The Kier molecular flexibility index (Phi) is 5.35. The van der Waals surface area contributed by atoms with Crippen molar-refractivity contribution >= 4 is 17.6 Å². The summed E-state index contributed by atoms with van der Waals surface area (Å²) in [6.45, 7) is 3.41. The lowest BCUT2D eigenvalue weighted by molar-refractivity contribution is -0.135. The summed E-state index contributed by atoms with van der Waals surface area (Å²) < 4.78 is 0. The van der Waals surface area contributed by atoms with Gasteiger partial charge >= 0.3 is 6.03 Å². The molecule has 3 rings (SSSR count). The zero-order valence-electron chi connectivity index (χ0n) is 14.0. The number of nitrogens with one attached hydrogen (secondary N) is 1. The Morgan fingerprint density at radius 2 is 1.88 bits per heavy atom. The topological polar surface area (TPSA) is 78.7 Å². The molecule has 0 aromatic heterocycles. The average molecular weight is 330 g/mol. The minimum Gasteiger partial charge on any atom is -0.342 e. The number of likely N-dealkylation sites (tertiary alicyclic amines) is 2. The molecule has 0 spiro atoms. The van der Waals surface area contributed by atoms with Crippen LogP contribution in [0.4, 0.5) is 10.5 Å². The van der Waals surface area contributed by atoms with Gasteiger partial charge in [-0.3, -0.25) is 4.79 Å². The number of benzene rings is 1. The second kappa shape index (κ2) is 7.66. The molecule has 0 aliphatic carbocycles. The fourth-order valence-electron chi connectivity index (χ4n) is 3.57. The molecule has 0 saturated carbocycles. The Bertz CT molecular complexity index is 578. The highest BCUT2D eigenvalue weighted by molar-refractivity contribution is 5.90. The predicted octanol–water partition coefficient (Wildman–Crippen LogP) is 1.74. The molecule has 0 bridgehead atoms. The molecule has 2 heterocycles. The lowest BCUT2D eigenvalue weighted by atomic mass is 9.97. The van der Waals surface area contributed by atoms with E-state index < -0.39 is 0 Å². The van der Waals surface area contributed by atoms with E-state index in [1.807, 2.05) is 35.2 Å². The summed E-state index contributed by atoms with van der Waals surface area (Å²) in [4.78, 5) is 28.8. The summed E-state index contributed by atoms with van der Waals surface area (Å²) >= 11 is 0. The van der Waals surface area contributed by atoms with Crippen molar-refractivity contribution in [3.8, 4) is 0 Å². The van der Waals surface area contributed by atoms with E-state index in [9.17, 15) is 9.59 Å². The van der Waals surface area contributed by atoms with Gasteiger partial charge < -0.3 is 20.9 Å². The molecule has 24 heavy (non-hydrogen) atoms. The minimum atomic E-state index is -0.125. The lowest BCUT2D eigenvalue weighted by Gasteiger charge is -2.34. The summed E-state index contributed by atoms with van der Waals surface area (Å²) in [7, 11) is 0. The number of carbonyl (C=O) groups is 2. The molecule has 130 valence electrons. The third kappa shape index (κ3) is 3.87. The van der Waals surface area contributed by atoms with Crippen LogP contribution in [0.5, 0.6) is 0 Å². The maximum atomic E-state index is 12.7. The molecule has 1 aromatic carbocycles. The van der Waals surface area contributed by atoms with Crippen molar-refractivity contribution in [2.45, 2.75) is 19.3 Å². The van der Waals surface area contributed by atoms with Gasteiger partial charge in [-0.15, -0.1) is 0 Å². The van der Waals surface area contributed by atoms with Crippen molar-refractivity contribution in [1.82, 2.24) is 9.80 Å². The van der Waals surface area contributed by atoms with Crippen LogP contribution in [0.3, 0.4) is 0 Å². The molecule has 1 aromatic rings. The first-order valence-corrected chi connectivity index (χ1v) is 8.77. The highest BCUT2D eigenvalue weighted by Crippen LogP contribution is 2.23. The Morgan fingerprint density at radius 3 is 2.58 bits per heavy atom. The highest BCUT2D eigenvalue weighted by atomic mass is 16.2. The number of hydrogen-bond acceptors (Lipinski definition) is 3. The van der Waals surface area contributed by atoms with Crippen LogP contribution in [0.25, 0.3) is 0 Å². The van der Waals surface area contributed by atoms with Gasteiger partial charge in [-0.05, 0) is 43.9 Å². The maximum Gasteiger partial charge on any atom is 0.321 e. The van der Waals surface area contributed by atoms with E-state index in [4.69, 9.17) is 5.73 Å². The molecule has 2 saturated heterocycles. The van der Waals surface area contributed by atoms with Gasteiger partial charge in [0.15, 0.2) is 0 Å². The Morgan fingerprint density at radius 1 is 1.08 bits per heavy atom. The van der Waals surface area contributed by atoms with Crippen LogP contribution in [-0.4, -0.2) is 54.5 Å². The van der Waals surface area contributed by atoms with E-state index in [1.54, 1.807) is 4.90 Å². The first-order valence-electron chi connectivity index (χ1n) is 8.77. The first-order chi connectivity index (χ1) is 11.7. The van der Waals surface area contributed by atoms with Crippen molar-refractivity contribution in [1.29, 1.82) is 0 Å². The van der Waals surface area contributed by atoms with E-state index in [2.05, 4.69) is 5.32 Å². The molecule has 2 atom stereocenters. The van der Waals surface area contributed by atoms with Crippen molar-refractivity contribution < 1.29 is 9.59 Å². The van der Waals surface area contributed by atoms with Gasteiger partial charge in [0.05, 0.1) is 5.92 Å². The number of nitrogens with zero attached hydrogens (tertiary/aromatic N) is 2. The number of amides is 3. The fourth-order valence-corrected chi connectivity index (χ4v) is 3.57. The normalized spacial score (nSPS) is 24.0. The summed E-state index contributed by atoms with van der Waals surface area (Å²) in [5.74, 6) is 0.523. The van der Waals surface area contributed by atoms with E-state index in [1.165, 1.54) is 0 Å². The average Bonchev–Trinajstić information content (AvgIpc) is 3.11. The third-order valence-electron chi connectivity index (χ3n) is 5.01. The van der Waals surface area contributed by atoms with Gasteiger partial charge in [-0.2, -0.15) is 0 Å². The zero-order chi connectivity index (χ0) is 16.9. The maximum absolute atomic E-state index is 12.7. The fraction of sp³-hybridized carbons (Fsp3) is 0.556. The largest absolute Gasteiger partial charge is 0.342 e. The van der Waals surface area contributed by atoms with Crippen molar-refractivity contribution in [2.75, 3.05) is 38.0 Å². The van der Waals surface area contributed by atoms with E-state index in [-0.39, 0.29) is 17.9 Å². The Balaban J connectivity index is 1.56. The molecule has 0 radical (unpaired) electrons. The van der Waals surface area contributed by atoms with Gasteiger partial charge in [0.25, 0.3) is 0 Å². The molecule has 2 aliphatic rings. The first kappa shape index (κ1) is 16.8. The number of urea groups is 1. The van der Waals surface area contributed by atoms with Crippen molar-refractivity contribution in [3.63, 3.8) is 0 Å². The molecular weight excluding hydrogens is 304 g/mol. The summed E-state index contributed by atoms with van der Waals surface area (Å²) in [5, 5.41) is 2.90. The van der Waals surface area contributed by atoms with Gasteiger partial charge in [-0.25, -0.2) is 4.79 Å². The number of carbonyl (C=O) groups excluding carboxylic acids is 2. The summed E-state index contributed by atoms with van der Waals surface area (Å²) in [6, 6.07) is 9.29. The number of hydrogen-bond donors (Lipinski definition) is 2. The quantitative estimate of drug-likeness (QED) is 0.886. The predicted molar refractivity (Wildman–Crippen MR) is 93.5 cm³/mol. The second-order valence-corrected chi connectivity index (χ2v) is 6.76. The Labute approximate surface area is 143 Å². The van der Waals surface area contributed by atoms with Crippen LogP contribution in [0, 0.1) is 11.8 Å². The molecule has 2 unspecified atom stereocenters. The van der Waals surface area contributed by atoms with Crippen LogP contribution in [0.2, 0.25) is 0 Å². The molecular formula is C18H26N4O2. The van der Waals surface area contributed by atoms with Gasteiger partial charge in [-0.1, -0.05) is 18.2 Å². The van der Waals surface area contributed by atoms with Crippen LogP contribution in [0.15, 0.2) is 30.3 Å². The van der Waals surface area contributed by atoms with Gasteiger partial charge in [0.2, 0.25) is 5.91 Å². The van der Waals surface area contributed by atoms with Gasteiger partial charge in [0, 0.05) is 31.9 Å². The number of rotatable bonds is 3. The SMILES string of the molecule is NCC1CCN(C(=O)C2CCCN(C(=O)Nc3ccccc3)C2)C1. The minimum absolute atomic E-state index is 0.0863. The molecule has 6 nitrogen and oxygen atoms in total. The molecule has 3 N–H and O–H groups in total. The van der Waals surface area contributed by atoms with Crippen LogP contribution in [0.1, 0.15) is 19.3 Å². The number of piperidine rings is 1. The van der Waals surface area contributed by atoms with Crippen molar-refractivity contribution in [2.24, 2.45) is 17.6 Å². The molecule has 6 heteroatoms. The van der Waals surface area contributed by atoms with Gasteiger partial charge in [0.1, 0.15) is 0 Å². The standard InChI is InChI=1S/C18H26N4O2/c19-11-14-8-10-21(12-14)17(23)15-5-4-9-22(13-15)18(24)20-16-6-2-1-3-7-16/h1-3,6-7,14-15H,4-5,8-13,19H2,(H,20,24). The summed E-state index contributed by atoms with van der Waals surface area (Å²) in [5.41, 5.74) is 6.49. The van der Waals surface area contributed by atoms with Crippen LogP contribution >= 0.6 is 0 Å². The zero-order valence-corrected chi connectivity index (χ0v) is 14.0. The summed E-state index contributed by atoms with van der Waals surface area (Å²) in [6.07, 6.45) is 2.72. The molecule has 2 aliphatic heterocycles. The van der Waals surface area contributed by atoms with E-state index in [0.717, 1.165) is 38.0 Å². The third-order valence-corrected chi connectivity index (χ3v) is 5.01. The Hall–Kier alpha value is -2.08. The van der Waals surface area contributed by atoms with Crippen LogP contribution in [-0.2, 0) is 4.79 Å². The van der Waals surface area contributed by atoms with E-state index >= 15 is 0 Å². The highest BCUT2D eigenvalue weighted by Gasteiger charge is 2.34. The van der Waals surface area contributed by atoms with E-state index in [0.29, 0.717) is 25.6 Å². The van der Waals surface area contributed by atoms with Crippen molar-refractivity contribution in [3.05, 3.63) is 30.3 Å². The monoisotopic (exact) mass is 330 g/mol. The van der Waals surface area contributed by atoms with Crippen LogP contribution < -0.4 is 11.1 Å². The second-order valence-electron chi connectivity index (χ2n) is 6.76. The number of nitrogens with two attached hydrogens (primary N) is 1. The lowest BCUT2D eigenvalue weighted by Crippen LogP contribution is -2.47. The molecule has 3 amide bonds. The number of para-hydroxylation sites is 1. The smallest absolute Gasteiger partial charge is 0.321 e. The number of anilines is 1.